The molecule has 0 aliphatic carbocycles. The molecule has 0 saturated heterocycles. The molecule has 0 rings (SSSR count). The van der Waals surface area contributed by atoms with Crippen LogP contribution in [-0.2, 0) is 9.63 Å². The summed E-state index contributed by atoms with van der Waals surface area (Å²) in [6.07, 6.45) is 0. The van der Waals surface area contributed by atoms with Gasteiger partial charge in [-0.2, -0.15) is 5.48 Å². The smallest absolute Gasteiger partial charge is 0.351 e. The van der Waals surface area contributed by atoms with Crippen molar-refractivity contribution in [3.8, 4) is 0 Å². The normalized spacial score (nSPS) is 11.1. The molecule has 0 amide bonds. The summed E-state index contributed by atoms with van der Waals surface area (Å²) in [5, 5.41) is 3.25. The lowest BCUT2D eigenvalue weighted by Gasteiger charge is -2.20. The third-order valence-corrected chi connectivity index (χ3v) is 1.40. The Balaban J connectivity index is 3.39. The Hall–Kier alpha value is -0.870. The summed E-state index contributed by atoms with van der Waals surface area (Å²) in [4.78, 5) is 15.6. The highest BCUT2D eigenvalue weighted by Gasteiger charge is 2.07. The fraction of sp³-hybridized carbons (Fsp3) is 0.700. The second kappa shape index (κ2) is 5.78. The maximum absolute atomic E-state index is 10.9. The summed E-state index contributed by atoms with van der Waals surface area (Å²) in [6, 6.07) is 0. The number of hydrogen-bond donors (Lipinski definition) is 2. The first-order valence-corrected chi connectivity index (χ1v) is 4.67. The van der Waals surface area contributed by atoms with Crippen molar-refractivity contribution in [2.45, 2.75) is 33.2 Å². The Bertz CT molecular complexity index is 207. The van der Waals surface area contributed by atoms with Gasteiger partial charge in [0.25, 0.3) is 0 Å². The molecule has 0 aliphatic rings. The average molecular weight is 200 g/mol. The zero-order chi connectivity index (χ0) is 11.2. The van der Waals surface area contributed by atoms with E-state index in [1.54, 1.807) is 6.92 Å². The summed E-state index contributed by atoms with van der Waals surface area (Å²) in [6.45, 7) is 12.6. The third-order valence-electron chi connectivity index (χ3n) is 1.40. The summed E-state index contributed by atoms with van der Waals surface area (Å²) in [7, 11) is 0. The molecule has 0 atom stereocenters. The fourth-order valence-electron chi connectivity index (χ4n) is 0.692. The van der Waals surface area contributed by atoms with Gasteiger partial charge in [-0.1, -0.05) is 6.58 Å². The molecular formula is C10H20N2O2. The van der Waals surface area contributed by atoms with E-state index in [0.717, 1.165) is 6.54 Å². The van der Waals surface area contributed by atoms with Crippen LogP contribution in [0.2, 0.25) is 0 Å². The highest BCUT2D eigenvalue weighted by molar-refractivity contribution is 5.86. The molecule has 0 aromatic heterocycles. The van der Waals surface area contributed by atoms with Gasteiger partial charge >= 0.3 is 5.97 Å². The van der Waals surface area contributed by atoms with Crippen molar-refractivity contribution in [3.63, 3.8) is 0 Å². The molecule has 0 aliphatic heterocycles. The number of carbonyl (C=O) groups excluding carboxylic acids is 1. The lowest BCUT2D eigenvalue weighted by Crippen LogP contribution is -2.40. The largest absolute Gasteiger partial charge is 0.367 e. The van der Waals surface area contributed by atoms with Crippen LogP contribution in [0.4, 0.5) is 0 Å². The van der Waals surface area contributed by atoms with Crippen molar-refractivity contribution < 1.29 is 9.63 Å². The zero-order valence-electron chi connectivity index (χ0n) is 9.44. The van der Waals surface area contributed by atoms with E-state index in [4.69, 9.17) is 0 Å². The molecule has 4 heteroatoms. The van der Waals surface area contributed by atoms with Crippen LogP contribution in [0.25, 0.3) is 0 Å². The van der Waals surface area contributed by atoms with Gasteiger partial charge in [0, 0.05) is 24.2 Å². The molecule has 0 spiro atoms. The number of carbonyl (C=O) groups is 1. The molecule has 0 radical (unpaired) electrons. The number of hydroxylamine groups is 1. The SMILES string of the molecule is C=C(C)C(=O)ONCCNC(C)(C)C. The van der Waals surface area contributed by atoms with Crippen LogP contribution < -0.4 is 10.8 Å². The van der Waals surface area contributed by atoms with Crippen LogP contribution >= 0.6 is 0 Å². The van der Waals surface area contributed by atoms with Gasteiger partial charge in [0.15, 0.2) is 0 Å². The first-order chi connectivity index (χ1) is 6.33. The summed E-state index contributed by atoms with van der Waals surface area (Å²) in [5.74, 6) is -0.416. The molecular weight excluding hydrogens is 180 g/mol. The minimum absolute atomic E-state index is 0.0834. The molecule has 0 fully saturated rings. The van der Waals surface area contributed by atoms with E-state index >= 15 is 0 Å². The summed E-state index contributed by atoms with van der Waals surface area (Å²) in [5.41, 5.74) is 3.04. The average Bonchev–Trinajstić information content (AvgIpc) is 2.01. The van der Waals surface area contributed by atoms with E-state index in [2.05, 4.69) is 43.0 Å². The molecule has 0 aromatic rings. The first kappa shape index (κ1) is 13.1. The molecule has 4 nitrogen and oxygen atoms in total. The van der Waals surface area contributed by atoms with Gasteiger partial charge in [-0.3, -0.25) is 0 Å². The van der Waals surface area contributed by atoms with Gasteiger partial charge in [0.05, 0.1) is 0 Å². The maximum atomic E-state index is 10.9. The van der Waals surface area contributed by atoms with Crippen LogP contribution in [0.1, 0.15) is 27.7 Å². The van der Waals surface area contributed by atoms with Crippen LogP contribution in [-0.4, -0.2) is 24.6 Å². The Morgan fingerprint density at radius 1 is 1.36 bits per heavy atom. The minimum Gasteiger partial charge on any atom is -0.367 e. The molecule has 0 bridgehead atoms. The van der Waals surface area contributed by atoms with Crippen LogP contribution in [0, 0.1) is 0 Å². The Morgan fingerprint density at radius 2 is 1.93 bits per heavy atom. The lowest BCUT2D eigenvalue weighted by atomic mass is 10.1. The van der Waals surface area contributed by atoms with Gasteiger partial charge in [-0.15, -0.1) is 0 Å². The Morgan fingerprint density at radius 3 is 2.36 bits per heavy atom. The minimum atomic E-state index is -0.416. The summed E-state index contributed by atoms with van der Waals surface area (Å²) < 4.78 is 0. The molecule has 0 unspecified atom stereocenters. The van der Waals surface area contributed by atoms with Crippen molar-refractivity contribution in [2.75, 3.05) is 13.1 Å². The summed E-state index contributed by atoms with van der Waals surface area (Å²) >= 11 is 0. The predicted molar refractivity (Wildman–Crippen MR) is 56.7 cm³/mol. The standard InChI is InChI=1S/C10H20N2O2/c1-8(2)9(13)14-12-7-6-11-10(3,4)5/h11-12H,1,6-7H2,2-5H3. The lowest BCUT2D eigenvalue weighted by molar-refractivity contribution is -0.146. The van der Waals surface area contributed by atoms with Gasteiger partial charge in [0.1, 0.15) is 0 Å². The van der Waals surface area contributed by atoms with E-state index in [1.807, 2.05) is 0 Å². The first-order valence-electron chi connectivity index (χ1n) is 4.67. The zero-order valence-corrected chi connectivity index (χ0v) is 9.44. The fourth-order valence-corrected chi connectivity index (χ4v) is 0.692. The van der Waals surface area contributed by atoms with Crippen LogP contribution in [0.5, 0.6) is 0 Å². The Labute approximate surface area is 85.7 Å². The van der Waals surface area contributed by atoms with Crippen molar-refractivity contribution in [1.29, 1.82) is 0 Å². The molecule has 0 aromatic carbocycles. The van der Waals surface area contributed by atoms with Gasteiger partial charge in [-0.05, 0) is 27.7 Å². The van der Waals surface area contributed by atoms with Gasteiger partial charge in [-0.25, -0.2) is 4.79 Å². The third kappa shape index (κ3) is 7.76. The van der Waals surface area contributed by atoms with E-state index in [0.29, 0.717) is 12.1 Å². The van der Waals surface area contributed by atoms with E-state index in [-0.39, 0.29) is 5.54 Å². The van der Waals surface area contributed by atoms with Crippen LogP contribution in [0.3, 0.4) is 0 Å². The van der Waals surface area contributed by atoms with E-state index in [9.17, 15) is 4.79 Å². The van der Waals surface area contributed by atoms with Crippen LogP contribution in [0.15, 0.2) is 12.2 Å². The van der Waals surface area contributed by atoms with Crippen molar-refractivity contribution in [2.24, 2.45) is 0 Å². The Kier molecular flexibility index (Phi) is 5.42. The molecule has 2 N–H and O–H groups in total. The van der Waals surface area contributed by atoms with Crippen molar-refractivity contribution in [3.05, 3.63) is 12.2 Å². The van der Waals surface area contributed by atoms with E-state index in [1.165, 1.54) is 0 Å². The highest BCUT2D eigenvalue weighted by atomic mass is 16.7. The number of hydrogen-bond acceptors (Lipinski definition) is 4. The quantitative estimate of drug-likeness (QED) is 0.395. The second-order valence-corrected chi connectivity index (χ2v) is 4.24. The highest BCUT2D eigenvalue weighted by Crippen LogP contribution is 1.96. The molecule has 0 saturated carbocycles. The second-order valence-electron chi connectivity index (χ2n) is 4.24. The van der Waals surface area contributed by atoms with Gasteiger partial charge < -0.3 is 10.2 Å². The number of nitrogens with one attached hydrogen (secondary N) is 2. The van der Waals surface area contributed by atoms with Crippen molar-refractivity contribution in [1.82, 2.24) is 10.8 Å². The van der Waals surface area contributed by atoms with Crippen molar-refractivity contribution >= 4 is 5.97 Å². The predicted octanol–water partition coefficient (Wildman–Crippen LogP) is 0.998. The number of rotatable bonds is 5. The monoisotopic (exact) mass is 200 g/mol. The molecule has 0 heterocycles. The molecule has 82 valence electrons. The molecule has 14 heavy (non-hydrogen) atoms. The van der Waals surface area contributed by atoms with E-state index < -0.39 is 5.97 Å². The van der Waals surface area contributed by atoms with Gasteiger partial charge in [0.2, 0.25) is 0 Å². The topological polar surface area (TPSA) is 50.4 Å². The maximum Gasteiger partial charge on any atom is 0.351 e.